The maximum Gasteiger partial charge on any atom is 0.317 e. The van der Waals surface area contributed by atoms with Crippen molar-refractivity contribution in [1.29, 1.82) is 0 Å². The Labute approximate surface area is 140 Å². The van der Waals surface area contributed by atoms with Crippen LogP contribution < -0.4 is 14.8 Å². The van der Waals surface area contributed by atoms with Crippen LogP contribution in [0.25, 0.3) is 0 Å². The van der Waals surface area contributed by atoms with Crippen LogP contribution in [-0.4, -0.2) is 48.8 Å². The van der Waals surface area contributed by atoms with Crippen molar-refractivity contribution in [1.82, 2.24) is 10.2 Å². The number of benzene rings is 1. The molecule has 1 aromatic rings. The van der Waals surface area contributed by atoms with E-state index in [1.165, 1.54) is 0 Å². The van der Waals surface area contributed by atoms with Crippen molar-refractivity contribution in [2.75, 3.05) is 26.8 Å². The van der Waals surface area contributed by atoms with Crippen molar-refractivity contribution in [3.8, 4) is 11.5 Å². The van der Waals surface area contributed by atoms with Gasteiger partial charge in [0.05, 0.1) is 25.7 Å². The van der Waals surface area contributed by atoms with E-state index in [1.807, 2.05) is 18.2 Å². The molecule has 2 N–H and O–H groups in total. The molecule has 0 spiro atoms. The van der Waals surface area contributed by atoms with Crippen molar-refractivity contribution in [3.05, 3.63) is 23.8 Å². The van der Waals surface area contributed by atoms with Crippen LogP contribution in [0.15, 0.2) is 18.2 Å². The zero-order chi connectivity index (χ0) is 17.1. The highest BCUT2D eigenvalue weighted by molar-refractivity contribution is 5.76. The number of carboxylic acid groups (broad SMARTS) is 1. The average Bonchev–Trinajstić information content (AvgIpc) is 2.61. The number of urea groups is 1. The molecule has 2 amide bonds. The third-order valence-electron chi connectivity index (χ3n) is 4.69. The second kappa shape index (κ2) is 6.98. The molecule has 0 saturated carbocycles. The second-order valence-corrected chi connectivity index (χ2v) is 6.14. The number of hydrogen-bond donors (Lipinski definition) is 2. The maximum atomic E-state index is 12.5. The van der Waals surface area contributed by atoms with Crippen molar-refractivity contribution in [2.24, 2.45) is 5.92 Å². The number of nitrogens with zero attached hydrogens (tertiary/aromatic N) is 1. The number of piperidine rings is 1. The number of hydrogen-bond acceptors (Lipinski definition) is 4. The molecule has 1 atom stereocenters. The predicted octanol–water partition coefficient (Wildman–Crippen LogP) is 2.03. The molecular weight excluding hydrogens is 312 g/mol. The van der Waals surface area contributed by atoms with Gasteiger partial charge in [-0.25, -0.2) is 4.79 Å². The fourth-order valence-corrected chi connectivity index (χ4v) is 3.22. The summed E-state index contributed by atoms with van der Waals surface area (Å²) < 4.78 is 10.9. The van der Waals surface area contributed by atoms with Gasteiger partial charge in [-0.1, -0.05) is 0 Å². The number of carbonyl (C=O) groups is 2. The van der Waals surface area contributed by atoms with E-state index in [0.717, 1.165) is 17.1 Å². The third-order valence-corrected chi connectivity index (χ3v) is 4.69. The highest BCUT2D eigenvalue weighted by atomic mass is 16.5. The molecule has 0 bridgehead atoms. The standard InChI is InChI=1S/C17H22N2O5/c1-23-12-2-3-15-13(10-12)14(6-9-24-15)18-17(22)19-7-4-11(5-8-19)16(20)21/h2-3,10-11,14H,4-9H2,1H3,(H,18,22)(H,20,21)/t14-/m0/s1. The maximum absolute atomic E-state index is 12.5. The Morgan fingerprint density at radius 1 is 1.29 bits per heavy atom. The van der Waals surface area contributed by atoms with Gasteiger partial charge >= 0.3 is 12.0 Å². The molecule has 2 aliphatic heterocycles. The van der Waals surface area contributed by atoms with E-state index >= 15 is 0 Å². The number of ether oxygens (including phenoxy) is 2. The minimum absolute atomic E-state index is 0.131. The molecule has 2 heterocycles. The highest BCUT2D eigenvalue weighted by Crippen LogP contribution is 2.35. The minimum Gasteiger partial charge on any atom is -0.497 e. The number of likely N-dealkylation sites (tertiary alicyclic amines) is 1. The Morgan fingerprint density at radius 3 is 2.71 bits per heavy atom. The second-order valence-electron chi connectivity index (χ2n) is 6.14. The highest BCUT2D eigenvalue weighted by Gasteiger charge is 2.29. The molecule has 1 fully saturated rings. The van der Waals surface area contributed by atoms with Gasteiger partial charge in [-0.15, -0.1) is 0 Å². The molecule has 24 heavy (non-hydrogen) atoms. The molecule has 130 valence electrons. The summed E-state index contributed by atoms with van der Waals surface area (Å²) in [5.74, 6) is 0.361. The normalized spacial score (nSPS) is 20.7. The van der Waals surface area contributed by atoms with Crippen LogP contribution in [0.3, 0.4) is 0 Å². The van der Waals surface area contributed by atoms with E-state index in [0.29, 0.717) is 39.0 Å². The van der Waals surface area contributed by atoms with Gasteiger partial charge in [-0.05, 0) is 31.0 Å². The number of aliphatic carboxylic acids is 1. The van der Waals surface area contributed by atoms with Gasteiger partial charge in [-0.3, -0.25) is 4.79 Å². The number of methoxy groups -OCH3 is 1. The Morgan fingerprint density at radius 2 is 2.04 bits per heavy atom. The molecule has 1 saturated heterocycles. The number of rotatable bonds is 3. The number of carboxylic acids is 1. The summed E-state index contributed by atoms with van der Waals surface area (Å²) in [5, 5.41) is 12.1. The van der Waals surface area contributed by atoms with Crippen LogP contribution in [0, 0.1) is 5.92 Å². The van der Waals surface area contributed by atoms with Gasteiger partial charge in [0.2, 0.25) is 0 Å². The van der Waals surface area contributed by atoms with Crippen LogP contribution in [0.5, 0.6) is 11.5 Å². The summed E-state index contributed by atoms with van der Waals surface area (Å²) in [7, 11) is 1.60. The van der Waals surface area contributed by atoms with Crippen molar-refractivity contribution >= 4 is 12.0 Å². The molecule has 0 aliphatic carbocycles. The van der Waals surface area contributed by atoms with Crippen LogP contribution in [0.2, 0.25) is 0 Å². The largest absolute Gasteiger partial charge is 0.497 e. The smallest absolute Gasteiger partial charge is 0.317 e. The Bertz CT molecular complexity index is 625. The number of fused-ring (bicyclic) bond motifs is 1. The van der Waals surface area contributed by atoms with Crippen LogP contribution >= 0.6 is 0 Å². The third kappa shape index (κ3) is 3.39. The van der Waals surface area contributed by atoms with Gasteiger partial charge in [0.25, 0.3) is 0 Å². The van der Waals surface area contributed by atoms with Gasteiger partial charge in [-0.2, -0.15) is 0 Å². The van der Waals surface area contributed by atoms with E-state index in [2.05, 4.69) is 5.32 Å². The molecular formula is C17H22N2O5. The topological polar surface area (TPSA) is 88.1 Å². The predicted molar refractivity (Wildman–Crippen MR) is 86.3 cm³/mol. The van der Waals surface area contributed by atoms with Gasteiger partial charge < -0.3 is 24.8 Å². The summed E-state index contributed by atoms with van der Waals surface area (Å²) in [4.78, 5) is 25.2. The lowest BCUT2D eigenvalue weighted by Gasteiger charge is -2.33. The van der Waals surface area contributed by atoms with Crippen molar-refractivity contribution in [2.45, 2.75) is 25.3 Å². The van der Waals surface area contributed by atoms with Crippen molar-refractivity contribution in [3.63, 3.8) is 0 Å². The average molecular weight is 334 g/mol. The molecule has 0 radical (unpaired) electrons. The van der Waals surface area contributed by atoms with E-state index in [4.69, 9.17) is 14.6 Å². The lowest BCUT2D eigenvalue weighted by Crippen LogP contribution is -2.47. The SMILES string of the molecule is COc1ccc2c(c1)[C@@H](NC(=O)N1CCC(C(=O)O)CC1)CCO2. The zero-order valence-corrected chi connectivity index (χ0v) is 13.7. The number of amides is 2. The Kier molecular flexibility index (Phi) is 4.78. The first kappa shape index (κ1) is 16.4. The monoisotopic (exact) mass is 334 g/mol. The fourth-order valence-electron chi connectivity index (χ4n) is 3.22. The van der Waals surface area contributed by atoms with Crippen molar-refractivity contribution < 1.29 is 24.2 Å². The lowest BCUT2D eigenvalue weighted by atomic mass is 9.97. The lowest BCUT2D eigenvalue weighted by molar-refractivity contribution is -0.143. The first-order valence-corrected chi connectivity index (χ1v) is 8.17. The summed E-state index contributed by atoms with van der Waals surface area (Å²) in [6.45, 7) is 1.49. The Balaban J connectivity index is 1.65. The van der Waals surface area contributed by atoms with Crippen LogP contribution in [-0.2, 0) is 4.79 Å². The summed E-state index contributed by atoms with van der Waals surface area (Å²) in [5.41, 5.74) is 0.911. The van der Waals surface area contributed by atoms with Gasteiger partial charge in [0.15, 0.2) is 0 Å². The van der Waals surface area contributed by atoms with Crippen LogP contribution in [0.1, 0.15) is 30.9 Å². The molecule has 7 heteroatoms. The summed E-state index contributed by atoms with van der Waals surface area (Å²) in [6.07, 6.45) is 1.69. The van der Waals surface area contributed by atoms with E-state index in [1.54, 1.807) is 12.0 Å². The summed E-state index contributed by atoms with van der Waals surface area (Å²) in [6, 6.07) is 5.29. The Hall–Kier alpha value is -2.44. The first-order chi connectivity index (χ1) is 11.6. The zero-order valence-electron chi connectivity index (χ0n) is 13.7. The first-order valence-electron chi connectivity index (χ1n) is 8.17. The van der Waals surface area contributed by atoms with E-state index in [-0.39, 0.29) is 18.0 Å². The number of nitrogens with one attached hydrogen (secondary N) is 1. The van der Waals surface area contributed by atoms with E-state index < -0.39 is 5.97 Å². The molecule has 7 nitrogen and oxygen atoms in total. The molecule has 0 aromatic heterocycles. The van der Waals surface area contributed by atoms with Crippen LogP contribution in [0.4, 0.5) is 4.79 Å². The molecule has 1 aromatic carbocycles. The summed E-state index contributed by atoms with van der Waals surface area (Å²) >= 11 is 0. The minimum atomic E-state index is -0.777. The molecule has 0 unspecified atom stereocenters. The van der Waals surface area contributed by atoms with E-state index in [9.17, 15) is 9.59 Å². The molecule has 2 aliphatic rings. The number of carbonyl (C=O) groups excluding carboxylic acids is 1. The fraction of sp³-hybridized carbons (Fsp3) is 0.529. The quantitative estimate of drug-likeness (QED) is 0.883. The molecule has 3 rings (SSSR count). The van der Waals surface area contributed by atoms with Gasteiger partial charge in [0, 0.05) is 25.1 Å². The van der Waals surface area contributed by atoms with Gasteiger partial charge in [0.1, 0.15) is 11.5 Å².